The molecule has 1 unspecified atom stereocenters. The number of nitrogens with zero attached hydrogens (tertiary/aromatic N) is 2. The van der Waals surface area contributed by atoms with Crippen molar-refractivity contribution in [1.29, 1.82) is 0 Å². The highest BCUT2D eigenvalue weighted by molar-refractivity contribution is 5.83. The summed E-state index contributed by atoms with van der Waals surface area (Å²) >= 11 is 0. The van der Waals surface area contributed by atoms with E-state index in [1.807, 2.05) is 0 Å². The minimum atomic E-state index is -0.0424. The third kappa shape index (κ3) is 3.76. The number of phenols is 1. The van der Waals surface area contributed by atoms with Crippen LogP contribution in [0.1, 0.15) is 49.9 Å². The number of aldehydes is 1. The summed E-state index contributed by atoms with van der Waals surface area (Å²) in [5.74, 6) is 0.396. The third-order valence-corrected chi connectivity index (χ3v) is 5.06. The number of hydrogen-bond donors (Lipinski definition) is 1. The molecule has 25 heavy (non-hydrogen) atoms. The highest BCUT2D eigenvalue weighted by Gasteiger charge is 2.29. The van der Waals surface area contributed by atoms with E-state index in [0.717, 1.165) is 25.9 Å². The maximum absolute atomic E-state index is 11.2. The van der Waals surface area contributed by atoms with Gasteiger partial charge >= 0.3 is 0 Å². The van der Waals surface area contributed by atoms with Gasteiger partial charge in [-0.25, -0.2) is 0 Å². The van der Waals surface area contributed by atoms with E-state index >= 15 is 0 Å². The summed E-state index contributed by atoms with van der Waals surface area (Å²) in [6, 6.07) is 5.62. The van der Waals surface area contributed by atoms with Crippen LogP contribution < -0.4 is 4.74 Å². The van der Waals surface area contributed by atoms with Crippen molar-refractivity contribution < 1.29 is 14.6 Å². The predicted molar refractivity (Wildman–Crippen MR) is 98.6 cm³/mol. The molecule has 1 heterocycles. The van der Waals surface area contributed by atoms with Crippen LogP contribution >= 0.6 is 0 Å². The zero-order valence-electron chi connectivity index (χ0n) is 14.9. The van der Waals surface area contributed by atoms with Crippen LogP contribution in [-0.4, -0.2) is 47.9 Å². The van der Waals surface area contributed by atoms with E-state index in [1.54, 1.807) is 12.1 Å². The van der Waals surface area contributed by atoms with Crippen molar-refractivity contribution in [2.75, 3.05) is 13.3 Å². The molecular formula is C20H26N2O3. The number of aliphatic imine (C=N–C) groups is 1. The standard InChI is InChI=1S/C20H26N2O3/c1-14(2)22-13-21-10-18(22)16-7-4-3-6-15(16)12-25-20-9-5-8-19(24)17(20)11-23/h5,8-11,14,18,24H,3-4,6-7,12-13H2,1-2H3. The number of aromatic hydroxyl groups is 1. The van der Waals surface area contributed by atoms with Gasteiger partial charge in [0.15, 0.2) is 6.29 Å². The molecule has 1 aliphatic carbocycles. The van der Waals surface area contributed by atoms with Crippen LogP contribution in [0, 0.1) is 0 Å². The van der Waals surface area contributed by atoms with Gasteiger partial charge in [-0.2, -0.15) is 0 Å². The fourth-order valence-corrected chi connectivity index (χ4v) is 3.64. The molecule has 0 fully saturated rings. The summed E-state index contributed by atoms with van der Waals surface area (Å²) in [7, 11) is 0. The van der Waals surface area contributed by atoms with Gasteiger partial charge in [0.2, 0.25) is 0 Å². The Labute approximate surface area is 149 Å². The van der Waals surface area contributed by atoms with E-state index in [9.17, 15) is 9.90 Å². The third-order valence-electron chi connectivity index (χ3n) is 5.06. The number of ether oxygens (including phenoxy) is 1. The first kappa shape index (κ1) is 17.7. The first-order valence-electron chi connectivity index (χ1n) is 8.98. The summed E-state index contributed by atoms with van der Waals surface area (Å²) in [6.07, 6.45) is 7.14. The molecule has 134 valence electrons. The minimum absolute atomic E-state index is 0.0424. The number of rotatable bonds is 6. The van der Waals surface area contributed by atoms with E-state index in [4.69, 9.17) is 4.74 Å². The molecule has 1 atom stereocenters. The average Bonchev–Trinajstić information content (AvgIpc) is 3.10. The summed E-state index contributed by atoms with van der Waals surface area (Å²) in [5.41, 5.74) is 2.93. The second-order valence-electron chi connectivity index (χ2n) is 6.96. The van der Waals surface area contributed by atoms with Gasteiger partial charge < -0.3 is 9.84 Å². The Hall–Kier alpha value is -2.14. The number of carbonyl (C=O) groups is 1. The summed E-state index contributed by atoms with van der Waals surface area (Å²) in [4.78, 5) is 18.1. The molecule has 1 aromatic carbocycles. The molecule has 0 radical (unpaired) electrons. The largest absolute Gasteiger partial charge is 0.507 e. The van der Waals surface area contributed by atoms with Crippen molar-refractivity contribution in [3.63, 3.8) is 0 Å². The van der Waals surface area contributed by atoms with E-state index in [0.29, 0.717) is 24.7 Å². The van der Waals surface area contributed by atoms with Crippen LogP contribution in [0.25, 0.3) is 0 Å². The Balaban J connectivity index is 1.81. The lowest BCUT2D eigenvalue weighted by atomic mass is 9.87. The van der Waals surface area contributed by atoms with Gasteiger partial charge in [-0.05, 0) is 62.8 Å². The van der Waals surface area contributed by atoms with Crippen LogP contribution in [0.4, 0.5) is 0 Å². The lowest BCUT2D eigenvalue weighted by Gasteiger charge is -2.32. The molecule has 0 spiro atoms. The fourth-order valence-electron chi connectivity index (χ4n) is 3.64. The highest BCUT2D eigenvalue weighted by Crippen LogP contribution is 2.32. The van der Waals surface area contributed by atoms with Crippen LogP contribution in [0.2, 0.25) is 0 Å². The Kier molecular flexibility index (Phi) is 5.53. The number of carbonyl (C=O) groups excluding carboxylic acids is 1. The first-order valence-corrected chi connectivity index (χ1v) is 8.98. The number of hydrogen-bond acceptors (Lipinski definition) is 5. The van der Waals surface area contributed by atoms with Crippen molar-refractivity contribution in [2.24, 2.45) is 4.99 Å². The number of benzene rings is 1. The second-order valence-corrected chi connectivity index (χ2v) is 6.96. The lowest BCUT2D eigenvalue weighted by molar-refractivity contribution is 0.111. The summed E-state index contributed by atoms with van der Waals surface area (Å²) in [5, 5.41) is 9.80. The molecule has 0 amide bonds. The van der Waals surface area contributed by atoms with Gasteiger partial charge in [0.05, 0.1) is 18.3 Å². The van der Waals surface area contributed by atoms with Crippen LogP contribution in [0.5, 0.6) is 11.5 Å². The van der Waals surface area contributed by atoms with Gasteiger partial charge in [0.25, 0.3) is 0 Å². The molecule has 3 rings (SSSR count). The average molecular weight is 342 g/mol. The van der Waals surface area contributed by atoms with E-state index < -0.39 is 0 Å². The van der Waals surface area contributed by atoms with Crippen LogP contribution in [0.3, 0.4) is 0 Å². The molecule has 1 aliphatic heterocycles. The summed E-state index contributed by atoms with van der Waals surface area (Å²) in [6.45, 7) is 5.60. The molecule has 1 aromatic rings. The molecule has 0 saturated heterocycles. The van der Waals surface area contributed by atoms with Crippen molar-refractivity contribution in [2.45, 2.75) is 51.6 Å². The molecule has 5 nitrogen and oxygen atoms in total. The van der Waals surface area contributed by atoms with Crippen molar-refractivity contribution in [3.8, 4) is 11.5 Å². The predicted octanol–water partition coefficient (Wildman–Crippen LogP) is 3.58. The maximum atomic E-state index is 11.2. The van der Waals surface area contributed by atoms with E-state index in [1.165, 1.54) is 23.6 Å². The van der Waals surface area contributed by atoms with Crippen LogP contribution in [0.15, 0.2) is 34.3 Å². The normalized spacial score (nSPS) is 21.2. The van der Waals surface area contributed by atoms with E-state index in [2.05, 4.69) is 30.0 Å². The minimum Gasteiger partial charge on any atom is -0.507 e. The monoisotopic (exact) mass is 342 g/mol. The molecule has 0 bridgehead atoms. The Morgan fingerprint density at radius 2 is 2.16 bits per heavy atom. The van der Waals surface area contributed by atoms with Gasteiger partial charge in [-0.15, -0.1) is 0 Å². The smallest absolute Gasteiger partial charge is 0.157 e. The highest BCUT2D eigenvalue weighted by atomic mass is 16.5. The quantitative estimate of drug-likeness (QED) is 0.634. The second kappa shape index (κ2) is 7.83. The van der Waals surface area contributed by atoms with Gasteiger partial charge in [0, 0.05) is 12.3 Å². The van der Waals surface area contributed by atoms with Gasteiger partial charge in [0.1, 0.15) is 18.1 Å². The lowest BCUT2D eigenvalue weighted by Crippen LogP contribution is -2.39. The van der Waals surface area contributed by atoms with Crippen molar-refractivity contribution >= 4 is 12.5 Å². The summed E-state index contributed by atoms with van der Waals surface area (Å²) < 4.78 is 5.92. The first-order chi connectivity index (χ1) is 12.1. The Bertz CT molecular complexity index is 694. The molecule has 0 saturated carbocycles. The van der Waals surface area contributed by atoms with Gasteiger partial charge in [-0.3, -0.25) is 14.7 Å². The fraction of sp³-hybridized carbons (Fsp3) is 0.500. The molecule has 0 aromatic heterocycles. The molecule has 5 heteroatoms. The zero-order valence-corrected chi connectivity index (χ0v) is 14.9. The van der Waals surface area contributed by atoms with Crippen molar-refractivity contribution in [1.82, 2.24) is 4.90 Å². The topological polar surface area (TPSA) is 62.1 Å². The SMILES string of the molecule is CC(C)N1CN=CC1C1=C(COc2cccc(O)c2C=O)CCCC1. The Morgan fingerprint density at radius 3 is 2.92 bits per heavy atom. The van der Waals surface area contributed by atoms with Crippen molar-refractivity contribution in [3.05, 3.63) is 34.9 Å². The number of phenolic OH excluding ortho intramolecular Hbond substituents is 1. The van der Waals surface area contributed by atoms with Crippen LogP contribution in [-0.2, 0) is 0 Å². The maximum Gasteiger partial charge on any atom is 0.157 e. The molecule has 2 aliphatic rings. The Morgan fingerprint density at radius 1 is 1.36 bits per heavy atom. The molecule has 1 N–H and O–H groups in total. The molecular weight excluding hydrogens is 316 g/mol. The van der Waals surface area contributed by atoms with E-state index in [-0.39, 0.29) is 17.4 Å². The zero-order chi connectivity index (χ0) is 17.8. The van der Waals surface area contributed by atoms with Gasteiger partial charge in [-0.1, -0.05) is 6.07 Å².